The van der Waals surface area contributed by atoms with Crippen molar-refractivity contribution in [1.82, 2.24) is 0 Å². The highest BCUT2D eigenvalue weighted by Crippen LogP contribution is 2.42. The number of allylic oxidation sites excluding steroid dienone is 2. The molecular formula is C39H75O8P. The van der Waals surface area contributed by atoms with Crippen LogP contribution in [0.1, 0.15) is 200 Å². The van der Waals surface area contributed by atoms with Crippen molar-refractivity contribution in [3.8, 4) is 0 Å². The van der Waals surface area contributed by atoms with E-state index in [9.17, 15) is 19.0 Å². The number of ether oxygens (including phenoxy) is 2. The van der Waals surface area contributed by atoms with Gasteiger partial charge in [0.25, 0.3) is 0 Å². The van der Waals surface area contributed by atoms with Crippen molar-refractivity contribution >= 4 is 19.8 Å². The lowest BCUT2D eigenvalue weighted by Crippen LogP contribution is -2.29. The molecule has 0 amide bonds. The normalized spacial score (nSPS) is 13.5. The number of phosphoric ester groups is 1. The summed E-state index contributed by atoms with van der Waals surface area (Å²) in [5, 5.41) is 0. The van der Waals surface area contributed by atoms with Gasteiger partial charge in [0.2, 0.25) is 0 Å². The van der Waals surface area contributed by atoms with Gasteiger partial charge in [-0.25, -0.2) is 4.57 Å². The minimum absolute atomic E-state index is 0.221. The summed E-state index contributed by atoms with van der Waals surface area (Å²) < 4.78 is 31.9. The van der Waals surface area contributed by atoms with Crippen LogP contribution in [0.25, 0.3) is 0 Å². The van der Waals surface area contributed by atoms with Crippen LogP contribution in [0, 0.1) is 0 Å². The maximum Gasteiger partial charge on any atom is 0.472 e. The first-order valence-electron chi connectivity index (χ1n) is 19.9. The van der Waals surface area contributed by atoms with E-state index in [1.54, 1.807) is 0 Å². The van der Waals surface area contributed by atoms with Crippen LogP contribution in [-0.2, 0) is 32.7 Å². The van der Waals surface area contributed by atoms with Crippen molar-refractivity contribution in [3.05, 3.63) is 12.2 Å². The average Bonchev–Trinajstić information content (AvgIpc) is 3.07. The number of carbonyl (C=O) groups excluding carboxylic acids is 2. The van der Waals surface area contributed by atoms with E-state index in [0.29, 0.717) is 12.8 Å². The van der Waals surface area contributed by atoms with Gasteiger partial charge in [-0.05, 0) is 38.5 Å². The molecule has 0 aromatic heterocycles. The Morgan fingerprint density at radius 1 is 0.562 bits per heavy atom. The van der Waals surface area contributed by atoms with Crippen LogP contribution in [0.5, 0.6) is 0 Å². The third-order valence-corrected chi connectivity index (χ3v) is 9.70. The summed E-state index contributed by atoms with van der Waals surface area (Å²) in [5.74, 6) is -0.801. The molecule has 0 heterocycles. The van der Waals surface area contributed by atoms with E-state index < -0.39 is 26.5 Å². The summed E-state index contributed by atoms with van der Waals surface area (Å²) in [6.07, 6.45) is 36.9. The van der Waals surface area contributed by atoms with Gasteiger partial charge in [-0.2, -0.15) is 0 Å². The maximum atomic E-state index is 12.5. The number of hydrogen-bond donors (Lipinski definition) is 1. The lowest BCUT2D eigenvalue weighted by molar-refractivity contribution is -0.161. The zero-order chi connectivity index (χ0) is 35.4. The fourth-order valence-electron chi connectivity index (χ4n) is 5.65. The first-order valence-corrected chi connectivity index (χ1v) is 21.4. The summed E-state index contributed by atoms with van der Waals surface area (Å²) in [5.41, 5.74) is 0. The van der Waals surface area contributed by atoms with Crippen molar-refractivity contribution in [2.45, 2.75) is 206 Å². The number of carbonyl (C=O) groups is 2. The summed E-state index contributed by atoms with van der Waals surface area (Å²) >= 11 is 0. The molecule has 0 aromatic rings. The molecule has 1 N–H and O–H groups in total. The van der Waals surface area contributed by atoms with E-state index in [1.807, 2.05) is 0 Å². The van der Waals surface area contributed by atoms with Gasteiger partial charge in [0, 0.05) is 20.0 Å². The van der Waals surface area contributed by atoms with Gasteiger partial charge in [0.05, 0.1) is 6.61 Å². The highest BCUT2D eigenvalue weighted by atomic mass is 31.2. The summed E-state index contributed by atoms with van der Waals surface area (Å²) in [6.45, 7) is 3.88. The lowest BCUT2D eigenvalue weighted by Gasteiger charge is -2.19. The molecule has 0 saturated heterocycles. The number of rotatable bonds is 37. The first kappa shape index (κ1) is 46.8. The fraction of sp³-hybridized carbons (Fsp3) is 0.897. The van der Waals surface area contributed by atoms with Crippen molar-refractivity contribution in [2.24, 2.45) is 0 Å². The second kappa shape index (κ2) is 35.6. The van der Waals surface area contributed by atoms with Gasteiger partial charge >= 0.3 is 19.8 Å². The molecule has 2 unspecified atom stereocenters. The van der Waals surface area contributed by atoms with E-state index in [4.69, 9.17) is 14.0 Å². The van der Waals surface area contributed by atoms with Crippen molar-refractivity contribution in [2.75, 3.05) is 20.3 Å². The molecule has 8 nitrogen and oxygen atoms in total. The Balaban J connectivity index is 4.01. The third kappa shape index (κ3) is 34.6. The average molecular weight is 703 g/mol. The Bertz CT molecular complexity index is 803. The summed E-state index contributed by atoms with van der Waals surface area (Å²) in [6, 6.07) is 0. The number of phosphoric acid groups is 1. The first-order chi connectivity index (χ1) is 23.3. The Hall–Kier alpha value is -1.21. The molecule has 9 heteroatoms. The molecule has 0 aliphatic carbocycles. The predicted molar refractivity (Wildman–Crippen MR) is 198 cm³/mol. The highest BCUT2D eigenvalue weighted by molar-refractivity contribution is 7.47. The van der Waals surface area contributed by atoms with E-state index in [0.717, 1.165) is 52.1 Å². The van der Waals surface area contributed by atoms with Crippen LogP contribution in [0.2, 0.25) is 0 Å². The monoisotopic (exact) mass is 703 g/mol. The molecule has 0 bridgehead atoms. The van der Waals surface area contributed by atoms with Crippen LogP contribution in [0.15, 0.2) is 12.2 Å². The lowest BCUT2D eigenvalue weighted by atomic mass is 10.0. The smallest absolute Gasteiger partial charge is 0.462 e. The molecule has 0 rings (SSSR count). The second-order valence-corrected chi connectivity index (χ2v) is 15.0. The molecule has 284 valence electrons. The van der Waals surface area contributed by atoms with Crippen LogP contribution in [0.3, 0.4) is 0 Å². The molecule has 0 aromatic carbocycles. The zero-order valence-corrected chi connectivity index (χ0v) is 32.3. The molecule has 0 fully saturated rings. The van der Waals surface area contributed by atoms with E-state index in [2.05, 4.69) is 30.5 Å². The van der Waals surface area contributed by atoms with Gasteiger partial charge in [-0.15, -0.1) is 0 Å². The van der Waals surface area contributed by atoms with E-state index in [1.165, 1.54) is 122 Å². The minimum Gasteiger partial charge on any atom is -0.462 e. The standard InChI is InChI=1S/C39H75O8P/c1-4-6-8-10-12-14-16-18-19-20-21-22-24-26-28-30-32-34-39(41)47-37(36-46-48(42,43)44-3)35-45-38(40)33-31-29-27-25-23-17-15-13-11-9-7-5-2/h18-19,37H,4-17,20-36H2,1-3H3,(H,42,43)/b19-18-. The molecule has 48 heavy (non-hydrogen) atoms. The van der Waals surface area contributed by atoms with Gasteiger partial charge in [0.15, 0.2) is 6.10 Å². The summed E-state index contributed by atoms with van der Waals surface area (Å²) in [4.78, 5) is 34.3. The van der Waals surface area contributed by atoms with Crippen molar-refractivity contribution in [3.63, 3.8) is 0 Å². The van der Waals surface area contributed by atoms with E-state index in [-0.39, 0.29) is 19.0 Å². The summed E-state index contributed by atoms with van der Waals surface area (Å²) in [7, 11) is -3.19. The molecule has 2 atom stereocenters. The SMILES string of the molecule is CCCCCCCC/C=C\CCCCCCCCCC(=O)OC(COC(=O)CCCCCCCCCCCCCC)COP(=O)(O)OC. The van der Waals surface area contributed by atoms with Crippen molar-refractivity contribution in [1.29, 1.82) is 0 Å². The van der Waals surface area contributed by atoms with Crippen LogP contribution >= 0.6 is 7.82 Å². The Morgan fingerprint density at radius 3 is 1.35 bits per heavy atom. The predicted octanol–water partition coefficient (Wildman–Crippen LogP) is 12.1. The maximum absolute atomic E-state index is 12.5. The quantitative estimate of drug-likeness (QED) is 0.0295. The fourth-order valence-corrected chi connectivity index (χ4v) is 6.11. The number of esters is 2. The molecule has 0 radical (unpaired) electrons. The Kier molecular flexibility index (Phi) is 34.7. The largest absolute Gasteiger partial charge is 0.472 e. The van der Waals surface area contributed by atoms with Gasteiger partial charge in [-0.3, -0.25) is 18.6 Å². The Labute approximate surface area is 295 Å². The van der Waals surface area contributed by atoms with Crippen LogP contribution < -0.4 is 0 Å². The number of hydrogen-bond acceptors (Lipinski definition) is 7. The second-order valence-electron chi connectivity index (χ2n) is 13.4. The third-order valence-electron chi connectivity index (χ3n) is 8.76. The minimum atomic E-state index is -4.25. The molecular weight excluding hydrogens is 627 g/mol. The zero-order valence-electron chi connectivity index (χ0n) is 31.4. The van der Waals surface area contributed by atoms with Crippen LogP contribution in [-0.4, -0.2) is 43.3 Å². The molecule has 0 saturated carbocycles. The molecule has 0 aliphatic heterocycles. The van der Waals surface area contributed by atoms with Gasteiger partial charge in [0.1, 0.15) is 6.61 Å². The van der Waals surface area contributed by atoms with E-state index >= 15 is 0 Å². The Morgan fingerprint density at radius 2 is 0.938 bits per heavy atom. The number of unbranched alkanes of at least 4 members (excludes halogenated alkanes) is 24. The highest BCUT2D eigenvalue weighted by Gasteiger charge is 2.24. The molecule has 0 aliphatic rings. The molecule has 0 spiro atoms. The van der Waals surface area contributed by atoms with Crippen LogP contribution in [0.4, 0.5) is 0 Å². The van der Waals surface area contributed by atoms with Gasteiger partial charge in [-0.1, -0.05) is 161 Å². The van der Waals surface area contributed by atoms with Crippen molar-refractivity contribution < 1.29 is 37.6 Å². The topological polar surface area (TPSA) is 108 Å². The van der Waals surface area contributed by atoms with Gasteiger partial charge < -0.3 is 14.4 Å².